The van der Waals surface area contributed by atoms with Crippen molar-refractivity contribution in [3.8, 4) is 17.2 Å². The van der Waals surface area contributed by atoms with E-state index in [0.29, 0.717) is 0 Å². The highest BCUT2D eigenvalue weighted by molar-refractivity contribution is 5.97. The van der Waals surface area contributed by atoms with Gasteiger partial charge >= 0.3 is 0 Å². The second-order valence-corrected chi connectivity index (χ2v) is 9.16. The molecule has 42 heavy (non-hydrogen) atoms. The van der Waals surface area contributed by atoms with Crippen LogP contribution >= 0.6 is 0 Å². The van der Waals surface area contributed by atoms with Gasteiger partial charge in [0, 0.05) is 31.3 Å². The maximum Gasteiger partial charge on any atom is 0.282 e. The molecule has 5 rings (SSSR count). The number of H-pyrrole nitrogens is 1. The summed E-state index contributed by atoms with van der Waals surface area (Å²) in [5.74, 6) is -1.92. The lowest BCUT2D eigenvalue weighted by molar-refractivity contribution is 0.0990. The SMILES string of the molecule is O=C(Cc1ccc(Oc2ccnc3[nH]nc(NC(CO)CC(F)F)c23)c(F)c1)c1ccnn(-c2ccc(F)cc2)c1=O. The summed E-state index contributed by atoms with van der Waals surface area (Å²) in [4.78, 5) is 29.9. The molecule has 0 radical (unpaired) electrons. The van der Waals surface area contributed by atoms with Crippen LogP contribution in [0.1, 0.15) is 22.3 Å². The summed E-state index contributed by atoms with van der Waals surface area (Å²) >= 11 is 0. The van der Waals surface area contributed by atoms with Gasteiger partial charge in [-0.2, -0.15) is 14.9 Å². The lowest BCUT2D eigenvalue weighted by Crippen LogP contribution is -2.27. The van der Waals surface area contributed by atoms with Crippen LogP contribution in [-0.2, 0) is 6.42 Å². The van der Waals surface area contributed by atoms with Crippen molar-refractivity contribution in [3.63, 3.8) is 0 Å². The Hall–Kier alpha value is -5.11. The molecular weight excluding hydrogens is 560 g/mol. The molecule has 1 atom stereocenters. The summed E-state index contributed by atoms with van der Waals surface area (Å²) in [6.07, 6.45) is -0.957. The van der Waals surface area contributed by atoms with E-state index in [-0.39, 0.29) is 51.6 Å². The number of anilines is 1. The molecule has 2 aromatic carbocycles. The van der Waals surface area contributed by atoms with Gasteiger partial charge in [0.25, 0.3) is 5.56 Å². The Bertz CT molecular complexity index is 1790. The first kappa shape index (κ1) is 28.4. The predicted molar refractivity (Wildman–Crippen MR) is 143 cm³/mol. The molecule has 14 heteroatoms. The fourth-order valence-electron chi connectivity index (χ4n) is 4.23. The third-order valence-electron chi connectivity index (χ3n) is 6.25. The molecule has 0 fully saturated rings. The number of hydrogen-bond acceptors (Lipinski definition) is 8. The van der Waals surface area contributed by atoms with E-state index in [1.165, 1.54) is 48.8 Å². The Labute approximate surface area is 234 Å². The van der Waals surface area contributed by atoms with Gasteiger partial charge in [-0.1, -0.05) is 6.07 Å². The Morgan fingerprint density at radius 2 is 1.83 bits per heavy atom. The summed E-state index contributed by atoms with van der Waals surface area (Å²) < 4.78 is 60.8. The molecule has 0 spiro atoms. The van der Waals surface area contributed by atoms with Crippen molar-refractivity contribution < 1.29 is 32.2 Å². The number of rotatable bonds is 11. The second-order valence-electron chi connectivity index (χ2n) is 9.16. The summed E-state index contributed by atoms with van der Waals surface area (Å²) in [6, 6.07) is 10.5. The number of aromatic nitrogens is 5. The number of halogens is 4. The highest BCUT2D eigenvalue weighted by Crippen LogP contribution is 2.34. The van der Waals surface area contributed by atoms with Crippen LogP contribution in [0.5, 0.6) is 11.5 Å². The van der Waals surface area contributed by atoms with E-state index >= 15 is 4.39 Å². The van der Waals surface area contributed by atoms with E-state index in [4.69, 9.17) is 4.74 Å². The van der Waals surface area contributed by atoms with Gasteiger partial charge in [-0.15, -0.1) is 0 Å². The molecule has 0 saturated carbocycles. The van der Waals surface area contributed by atoms with E-state index < -0.39 is 48.5 Å². The van der Waals surface area contributed by atoms with Gasteiger partial charge in [0.1, 0.15) is 17.0 Å². The van der Waals surface area contributed by atoms with Gasteiger partial charge in [-0.25, -0.2) is 22.5 Å². The van der Waals surface area contributed by atoms with Gasteiger partial charge in [0.2, 0.25) is 6.43 Å². The van der Waals surface area contributed by atoms with E-state index in [0.717, 1.165) is 22.9 Å². The molecule has 10 nitrogen and oxygen atoms in total. The molecule has 0 aliphatic carbocycles. The number of ether oxygens (including phenoxy) is 1. The van der Waals surface area contributed by atoms with Crippen molar-refractivity contribution in [1.82, 2.24) is 25.0 Å². The normalized spacial score (nSPS) is 12.0. The van der Waals surface area contributed by atoms with E-state index in [9.17, 15) is 27.9 Å². The number of alkyl halides is 2. The van der Waals surface area contributed by atoms with E-state index in [1.807, 2.05) is 0 Å². The van der Waals surface area contributed by atoms with Gasteiger partial charge < -0.3 is 15.2 Å². The zero-order valence-corrected chi connectivity index (χ0v) is 21.6. The number of aromatic amines is 1. The smallest absolute Gasteiger partial charge is 0.282 e. The lowest BCUT2D eigenvalue weighted by Gasteiger charge is -2.16. The van der Waals surface area contributed by atoms with Crippen molar-refractivity contribution >= 4 is 22.6 Å². The van der Waals surface area contributed by atoms with Crippen LogP contribution in [0.3, 0.4) is 0 Å². The number of pyridine rings is 1. The first-order valence-electron chi connectivity index (χ1n) is 12.6. The summed E-state index contributed by atoms with van der Waals surface area (Å²) in [7, 11) is 0. The number of fused-ring (bicyclic) bond motifs is 1. The zero-order chi connectivity index (χ0) is 29.8. The number of carbonyl (C=O) groups is 1. The molecule has 0 aliphatic heterocycles. The van der Waals surface area contributed by atoms with Crippen molar-refractivity contribution in [2.24, 2.45) is 0 Å². The minimum absolute atomic E-state index is 0.0825. The van der Waals surface area contributed by atoms with Crippen LogP contribution in [0.15, 0.2) is 71.8 Å². The maximum absolute atomic E-state index is 15.1. The summed E-state index contributed by atoms with van der Waals surface area (Å²) in [5, 5.41) is 23.0. The number of nitrogens with zero attached hydrogens (tertiary/aromatic N) is 4. The number of aliphatic hydroxyl groups is 1. The number of aliphatic hydroxyl groups excluding tert-OH is 1. The quantitative estimate of drug-likeness (QED) is 0.154. The largest absolute Gasteiger partial charge is 0.453 e. The molecule has 5 aromatic rings. The standard InChI is InChI=1S/C28H22F4N6O4/c29-16-2-4-18(5-3-16)38-28(41)19(7-10-34-38)21(40)12-15-1-6-22(20(30)11-15)42-23-8-9-33-26-25(23)27(37-36-26)35-17(14-39)13-24(31)32/h1-11,17,24,39H,12-14H2,(H2,33,35,36,37). The maximum atomic E-state index is 15.1. The summed E-state index contributed by atoms with van der Waals surface area (Å²) in [5.41, 5.74) is -0.126. The fourth-order valence-corrected chi connectivity index (χ4v) is 4.23. The molecule has 1 unspecified atom stereocenters. The number of nitrogens with one attached hydrogen (secondary N) is 2. The van der Waals surface area contributed by atoms with Crippen molar-refractivity contribution in [3.05, 3.63) is 100 Å². The Kier molecular flexibility index (Phi) is 8.24. The van der Waals surface area contributed by atoms with Crippen LogP contribution in [0.25, 0.3) is 16.7 Å². The van der Waals surface area contributed by atoms with Crippen LogP contribution in [0.4, 0.5) is 23.4 Å². The fraction of sp³-hybridized carbons (Fsp3) is 0.179. The lowest BCUT2D eigenvalue weighted by atomic mass is 10.0. The monoisotopic (exact) mass is 582 g/mol. The third-order valence-corrected chi connectivity index (χ3v) is 6.25. The topological polar surface area (TPSA) is 135 Å². The van der Waals surface area contributed by atoms with Crippen LogP contribution in [-0.4, -0.2) is 54.9 Å². The molecule has 216 valence electrons. The molecule has 3 N–H and O–H groups in total. The average Bonchev–Trinajstić information content (AvgIpc) is 3.38. The van der Waals surface area contributed by atoms with Gasteiger partial charge in [0.05, 0.1) is 23.9 Å². The molecule has 0 bridgehead atoms. The number of carbonyl (C=O) groups excluding carboxylic acids is 1. The van der Waals surface area contributed by atoms with E-state index in [1.54, 1.807) is 0 Å². The predicted octanol–water partition coefficient (Wildman–Crippen LogP) is 4.43. The first-order chi connectivity index (χ1) is 20.2. The molecule has 0 amide bonds. The minimum Gasteiger partial charge on any atom is -0.453 e. The van der Waals surface area contributed by atoms with Gasteiger partial charge in [0.15, 0.2) is 28.8 Å². The number of hydrogen-bond donors (Lipinski definition) is 3. The highest BCUT2D eigenvalue weighted by Gasteiger charge is 2.21. The van der Waals surface area contributed by atoms with Crippen molar-refractivity contribution in [2.45, 2.75) is 25.3 Å². The average molecular weight is 583 g/mol. The minimum atomic E-state index is -2.66. The van der Waals surface area contributed by atoms with Crippen molar-refractivity contribution in [1.29, 1.82) is 0 Å². The molecule has 0 saturated heterocycles. The Balaban J connectivity index is 1.35. The first-order valence-corrected chi connectivity index (χ1v) is 12.6. The van der Waals surface area contributed by atoms with Gasteiger partial charge in [-0.05, 0) is 48.0 Å². The summed E-state index contributed by atoms with van der Waals surface area (Å²) in [6.45, 7) is -0.580. The molecule has 3 aromatic heterocycles. The highest BCUT2D eigenvalue weighted by atomic mass is 19.3. The third kappa shape index (κ3) is 6.12. The second kappa shape index (κ2) is 12.2. The molecule has 3 heterocycles. The number of benzene rings is 2. The Morgan fingerprint density at radius 3 is 2.55 bits per heavy atom. The number of ketones is 1. The Morgan fingerprint density at radius 1 is 1.05 bits per heavy atom. The molecular formula is C28H22F4N6O4. The van der Waals surface area contributed by atoms with Crippen LogP contribution in [0, 0.1) is 11.6 Å². The molecule has 0 aliphatic rings. The van der Waals surface area contributed by atoms with Crippen LogP contribution in [0.2, 0.25) is 0 Å². The van der Waals surface area contributed by atoms with Crippen molar-refractivity contribution in [2.75, 3.05) is 11.9 Å². The van der Waals surface area contributed by atoms with E-state index in [2.05, 4.69) is 25.6 Å². The zero-order valence-electron chi connectivity index (χ0n) is 21.6. The van der Waals surface area contributed by atoms with Gasteiger partial charge in [-0.3, -0.25) is 14.7 Å². The van der Waals surface area contributed by atoms with Crippen LogP contribution < -0.4 is 15.6 Å². The number of Topliss-reactive ketones (excluding diaryl/α,β-unsaturated/α-hetero) is 1.